The number of nitrogens with one attached hydrogen (secondary N) is 1. The third-order valence-corrected chi connectivity index (χ3v) is 5.24. The highest BCUT2D eigenvalue weighted by Gasteiger charge is 2.24. The molecule has 1 heterocycles. The van der Waals surface area contributed by atoms with Crippen LogP contribution in [0, 0.1) is 0 Å². The van der Waals surface area contributed by atoms with Crippen LogP contribution in [0.15, 0.2) is 36.4 Å². The Balaban J connectivity index is 1.67. The summed E-state index contributed by atoms with van der Waals surface area (Å²) in [5.41, 5.74) is 0.954. The average Bonchev–Trinajstić information content (AvgIpc) is 3.09. The number of carbonyl (C=O) groups excluding carboxylic acids is 3. The molecule has 6 nitrogen and oxygen atoms in total. The number of halogens is 3. The number of carbonyl (C=O) groups is 3. The molecule has 146 valence electrons. The highest BCUT2D eigenvalue weighted by molar-refractivity contribution is 6.46. The second-order valence-electron chi connectivity index (χ2n) is 6.01. The summed E-state index contributed by atoms with van der Waals surface area (Å²) in [6.07, 6.45) is 1.24. The lowest BCUT2D eigenvalue weighted by Gasteiger charge is -2.20. The Morgan fingerprint density at radius 1 is 1.07 bits per heavy atom. The molecule has 1 fully saturated rings. The average molecular weight is 442 g/mol. The van der Waals surface area contributed by atoms with Crippen LogP contribution in [0.2, 0.25) is 15.1 Å². The zero-order valence-corrected chi connectivity index (χ0v) is 16.8. The van der Waals surface area contributed by atoms with E-state index in [4.69, 9.17) is 39.5 Å². The first kappa shape index (κ1) is 20.5. The highest BCUT2D eigenvalue weighted by Crippen LogP contribution is 2.32. The topological polar surface area (TPSA) is 75.7 Å². The predicted octanol–water partition coefficient (Wildman–Crippen LogP) is 4.57. The van der Waals surface area contributed by atoms with Gasteiger partial charge in [0.15, 0.2) is 6.61 Å². The number of anilines is 2. The maximum atomic E-state index is 12.2. The van der Waals surface area contributed by atoms with E-state index in [1.807, 2.05) is 0 Å². The smallest absolute Gasteiger partial charge is 0.341 e. The third-order valence-electron chi connectivity index (χ3n) is 4.12. The monoisotopic (exact) mass is 440 g/mol. The minimum Gasteiger partial charge on any atom is -0.452 e. The number of para-hydroxylation sites is 2. The largest absolute Gasteiger partial charge is 0.452 e. The molecule has 0 radical (unpaired) electrons. The first-order chi connectivity index (χ1) is 13.4. The molecule has 0 spiro atoms. The molecule has 0 bridgehead atoms. The summed E-state index contributed by atoms with van der Waals surface area (Å²) in [5.74, 6) is -1.43. The fraction of sp³-hybridized carbons (Fsp3) is 0.211. The van der Waals surface area contributed by atoms with Gasteiger partial charge < -0.3 is 15.0 Å². The van der Waals surface area contributed by atoms with E-state index >= 15 is 0 Å². The van der Waals surface area contributed by atoms with E-state index in [1.54, 1.807) is 29.2 Å². The lowest BCUT2D eigenvalue weighted by molar-refractivity contribution is -0.119. The zero-order chi connectivity index (χ0) is 20.3. The summed E-state index contributed by atoms with van der Waals surface area (Å²) in [6, 6.07) is 9.79. The Kier molecular flexibility index (Phi) is 6.44. The molecule has 2 aromatic carbocycles. The summed E-state index contributed by atoms with van der Waals surface area (Å²) >= 11 is 17.8. The van der Waals surface area contributed by atoms with Crippen molar-refractivity contribution in [2.75, 3.05) is 23.4 Å². The van der Waals surface area contributed by atoms with Crippen LogP contribution in [0.5, 0.6) is 0 Å². The molecule has 9 heteroatoms. The van der Waals surface area contributed by atoms with Gasteiger partial charge in [-0.1, -0.05) is 46.9 Å². The number of hydrogen-bond acceptors (Lipinski definition) is 4. The zero-order valence-electron chi connectivity index (χ0n) is 14.5. The Bertz CT molecular complexity index is 949. The fourth-order valence-electron chi connectivity index (χ4n) is 2.82. The number of nitrogens with zero attached hydrogens (tertiary/aromatic N) is 1. The van der Waals surface area contributed by atoms with Crippen molar-refractivity contribution in [1.29, 1.82) is 0 Å². The van der Waals surface area contributed by atoms with Gasteiger partial charge in [0.1, 0.15) is 0 Å². The van der Waals surface area contributed by atoms with Gasteiger partial charge in [-0.2, -0.15) is 0 Å². The van der Waals surface area contributed by atoms with Crippen molar-refractivity contribution >= 4 is 64.0 Å². The minimum absolute atomic E-state index is 0.00151. The molecule has 0 unspecified atom stereocenters. The van der Waals surface area contributed by atoms with E-state index < -0.39 is 18.5 Å². The maximum absolute atomic E-state index is 12.2. The van der Waals surface area contributed by atoms with Crippen molar-refractivity contribution in [2.24, 2.45) is 0 Å². The van der Waals surface area contributed by atoms with E-state index in [0.29, 0.717) is 24.3 Å². The van der Waals surface area contributed by atoms with Crippen LogP contribution in [0.25, 0.3) is 0 Å². The van der Waals surface area contributed by atoms with E-state index in [0.717, 1.165) is 6.42 Å². The molecule has 1 N–H and O–H groups in total. The Labute approximate surface area is 176 Å². The minimum atomic E-state index is -0.865. The summed E-state index contributed by atoms with van der Waals surface area (Å²) in [6.45, 7) is 0.0345. The normalized spacial score (nSPS) is 13.5. The van der Waals surface area contributed by atoms with Crippen molar-refractivity contribution in [2.45, 2.75) is 12.8 Å². The molecule has 28 heavy (non-hydrogen) atoms. The molecule has 0 aliphatic carbocycles. The Morgan fingerprint density at radius 3 is 2.50 bits per heavy atom. The van der Waals surface area contributed by atoms with E-state index in [9.17, 15) is 14.4 Å². The second kappa shape index (κ2) is 8.82. The number of esters is 1. The quantitative estimate of drug-likeness (QED) is 0.545. The number of benzene rings is 2. The van der Waals surface area contributed by atoms with Crippen LogP contribution in [0.3, 0.4) is 0 Å². The molecule has 1 saturated heterocycles. The van der Waals surface area contributed by atoms with Crippen molar-refractivity contribution in [1.82, 2.24) is 0 Å². The highest BCUT2D eigenvalue weighted by atomic mass is 35.5. The van der Waals surface area contributed by atoms with Gasteiger partial charge in [-0.15, -0.1) is 0 Å². The molecule has 3 rings (SSSR count). The van der Waals surface area contributed by atoms with E-state index in [-0.39, 0.29) is 26.5 Å². The SMILES string of the molecule is O=C(COC(=O)c1c(Cl)ccc(Cl)c1Cl)Nc1ccccc1N1CCCC1=O. The lowest BCUT2D eigenvalue weighted by Crippen LogP contribution is -2.27. The first-order valence-corrected chi connectivity index (χ1v) is 9.51. The first-order valence-electron chi connectivity index (χ1n) is 8.38. The summed E-state index contributed by atoms with van der Waals surface area (Å²) in [4.78, 5) is 38.1. The van der Waals surface area contributed by atoms with E-state index in [2.05, 4.69) is 5.32 Å². The predicted molar refractivity (Wildman–Crippen MR) is 108 cm³/mol. The van der Waals surface area contributed by atoms with Gasteiger partial charge in [-0.05, 0) is 30.7 Å². The fourth-order valence-corrected chi connectivity index (χ4v) is 3.50. The van der Waals surface area contributed by atoms with Gasteiger partial charge in [-0.25, -0.2) is 4.79 Å². The Hall–Kier alpha value is -2.28. The molecule has 2 amide bonds. The van der Waals surface area contributed by atoms with Crippen LogP contribution in [-0.4, -0.2) is 30.9 Å². The molecule has 0 saturated carbocycles. The van der Waals surface area contributed by atoms with Crippen molar-refractivity contribution in [3.8, 4) is 0 Å². The van der Waals surface area contributed by atoms with Gasteiger partial charge in [0, 0.05) is 13.0 Å². The van der Waals surface area contributed by atoms with Crippen molar-refractivity contribution in [3.05, 3.63) is 57.0 Å². The van der Waals surface area contributed by atoms with Crippen LogP contribution >= 0.6 is 34.8 Å². The molecule has 0 atom stereocenters. The second-order valence-corrected chi connectivity index (χ2v) is 7.20. The summed E-state index contributed by atoms with van der Waals surface area (Å²) < 4.78 is 5.01. The van der Waals surface area contributed by atoms with Crippen LogP contribution in [0.1, 0.15) is 23.2 Å². The lowest BCUT2D eigenvalue weighted by atomic mass is 10.2. The molecular formula is C19H15Cl3N2O4. The van der Waals surface area contributed by atoms with Crippen molar-refractivity contribution in [3.63, 3.8) is 0 Å². The van der Waals surface area contributed by atoms with Crippen LogP contribution < -0.4 is 10.2 Å². The third kappa shape index (κ3) is 4.41. The van der Waals surface area contributed by atoms with Gasteiger partial charge in [0.25, 0.3) is 5.91 Å². The summed E-state index contributed by atoms with van der Waals surface area (Å²) in [7, 11) is 0. The molecule has 2 aromatic rings. The van der Waals surface area contributed by atoms with Gasteiger partial charge in [-0.3, -0.25) is 9.59 Å². The van der Waals surface area contributed by atoms with Crippen LogP contribution in [0.4, 0.5) is 11.4 Å². The van der Waals surface area contributed by atoms with Crippen molar-refractivity contribution < 1.29 is 19.1 Å². The maximum Gasteiger partial charge on any atom is 0.341 e. The number of amides is 2. The standard InChI is InChI=1S/C19H15Cl3N2O4/c20-11-7-8-12(21)18(22)17(11)19(27)28-10-15(25)23-13-4-1-2-5-14(13)24-9-3-6-16(24)26/h1-2,4-5,7-8H,3,6,9-10H2,(H,23,25). The number of rotatable bonds is 5. The van der Waals surface area contributed by atoms with Gasteiger partial charge in [0.2, 0.25) is 5.91 Å². The number of ether oxygens (including phenoxy) is 1. The molecule has 0 aromatic heterocycles. The van der Waals surface area contributed by atoms with Gasteiger partial charge >= 0.3 is 5.97 Å². The molecular weight excluding hydrogens is 427 g/mol. The molecule has 1 aliphatic heterocycles. The van der Waals surface area contributed by atoms with E-state index in [1.165, 1.54) is 12.1 Å². The van der Waals surface area contributed by atoms with Crippen LogP contribution in [-0.2, 0) is 14.3 Å². The van der Waals surface area contributed by atoms with Gasteiger partial charge in [0.05, 0.1) is 32.0 Å². The molecule has 1 aliphatic rings. The number of hydrogen-bond donors (Lipinski definition) is 1. The summed E-state index contributed by atoms with van der Waals surface area (Å²) in [5, 5.41) is 2.82. The Morgan fingerprint density at radius 2 is 1.79 bits per heavy atom.